The number of alkyl halides is 1. The molecule has 47 heavy (non-hydrogen) atoms. The molecule has 0 saturated carbocycles. The second-order valence-corrected chi connectivity index (χ2v) is 11.0. The number of aliphatic carboxylic acids is 1. The normalized spacial score (nSPS) is 11.7. The Morgan fingerprint density at radius 1 is 0.979 bits per heavy atom. The van der Waals surface area contributed by atoms with E-state index in [1.54, 1.807) is 13.0 Å². The van der Waals surface area contributed by atoms with E-state index in [-0.39, 0.29) is 19.7 Å². The summed E-state index contributed by atoms with van der Waals surface area (Å²) >= 11 is 0. The lowest BCUT2D eigenvalue weighted by molar-refractivity contribution is -0.136. The second kappa shape index (κ2) is 23.9. The molecule has 0 aliphatic rings. The van der Waals surface area contributed by atoms with Crippen LogP contribution in [0.4, 0.5) is 4.39 Å². The van der Waals surface area contributed by atoms with Gasteiger partial charge >= 0.3 is 5.97 Å². The fourth-order valence-electron chi connectivity index (χ4n) is 4.66. The molecule has 252 valence electrons. The maximum Gasteiger partial charge on any atom is 0.303 e. The number of aliphatic hydroxyl groups is 1. The number of fused-ring (bicyclic) bond motifs is 1. The van der Waals surface area contributed by atoms with Crippen molar-refractivity contribution in [3.05, 3.63) is 107 Å². The van der Waals surface area contributed by atoms with Gasteiger partial charge in [-0.25, -0.2) is 14.4 Å². The van der Waals surface area contributed by atoms with E-state index in [4.69, 9.17) is 15.1 Å². The molecule has 0 aliphatic carbocycles. The molecule has 0 saturated heterocycles. The summed E-state index contributed by atoms with van der Waals surface area (Å²) in [5.74, 6) is 1.46. The van der Waals surface area contributed by atoms with E-state index >= 15 is 0 Å². The first-order valence-corrected chi connectivity index (χ1v) is 16.1. The molecule has 0 amide bonds. The molecule has 3 rings (SSSR count). The Morgan fingerprint density at radius 3 is 2.21 bits per heavy atom. The molecule has 7 heteroatoms. The van der Waals surface area contributed by atoms with E-state index in [9.17, 15) is 14.3 Å². The third-order valence-corrected chi connectivity index (χ3v) is 6.80. The minimum Gasteiger partial charge on any atom is -0.481 e. The van der Waals surface area contributed by atoms with Gasteiger partial charge in [0.2, 0.25) is 0 Å². The fourth-order valence-corrected chi connectivity index (χ4v) is 4.66. The molecule has 0 spiro atoms. The van der Waals surface area contributed by atoms with Crippen LogP contribution in [0.2, 0.25) is 0 Å². The smallest absolute Gasteiger partial charge is 0.303 e. The Labute approximate surface area is 281 Å². The number of aryl methyl sites for hydroxylation is 2. The number of rotatable bonds is 15. The minimum atomic E-state index is -0.793. The van der Waals surface area contributed by atoms with Crippen LogP contribution in [0.15, 0.2) is 90.1 Å². The first-order valence-electron chi connectivity index (χ1n) is 16.1. The predicted molar refractivity (Wildman–Crippen MR) is 195 cm³/mol. The highest BCUT2D eigenvalue weighted by Gasteiger charge is 2.13. The summed E-state index contributed by atoms with van der Waals surface area (Å²) in [6.07, 6.45) is 20.1. The minimum absolute atomic E-state index is 0.0368. The molecular formula is C40H52FN3O3. The first kappa shape index (κ1) is 40.6. The average Bonchev–Trinajstić information content (AvgIpc) is 3.06. The van der Waals surface area contributed by atoms with Gasteiger partial charge in [-0.2, -0.15) is 0 Å². The van der Waals surface area contributed by atoms with Crippen LogP contribution in [0, 0.1) is 12.3 Å². The Hall–Kier alpha value is -4.38. The van der Waals surface area contributed by atoms with Crippen molar-refractivity contribution in [2.24, 2.45) is 0 Å². The van der Waals surface area contributed by atoms with Crippen molar-refractivity contribution in [2.45, 2.75) is 72.8 Å². The van der Waals surface area contributed by atoms with Crippen LogP contribution in [0.3, 0.4) is 0 Å². The van der Waals surface area contributed by atoms with E-state index in [0.29, 0.717) is 12.8 Å². The Kier molecular flexibility index (Phi) is 20.7. The highest BCUT2D eigenvalue weighted by Crippen LogP contribution is 2.26. The number of aliphatic hydroxyl groups excluding tert-OH is 1. The lowest BCUT2D eigenvalue weighted by atomic mass is 10.0. The van der Waals surface area contributed by atoms with Crippen LogP contribution in [0.25, 0.3) is 22.3 Å². The van der Waals surface area contributed by atoms with Crippen molar-refractivity contribution in [3.8, 4) is 23.6 Å². The molecule has 3 aromatic rings. The van der Waals surface area contributed by atoms with Gasteiger partial charge in [0, 0.05) is 18.5 Å². The molecule has 0 fully saturated rings. The van der Waals surface area contributed by atoms with E-state index in [2.05, 4.69) is 61.4 Å². The van der Waals surface area contributed by atoms with Crippen molar-refractivity contribution in [2.75, 3.05) is 27.3 Å². The number of allylic oxidation sites excluding steroid dienone is 6. The summed E-state index contributed by atoms with van der Waals surface area (Å²) in [5, 5.41) is 18.4. The van der Waals surface area contributed by atoms with Gasteiger partial charge in [-0.05, 0) is 88.9 Å². The number of carbonyl (C=O) groups is 1. The van der Waals surface area contributed by atoms with Crippen molar-refractivity contribution in [1.29, 1.82) is 0 Å². The van der Waals surface area contributed by atoms with Gasteiger partial charge in [0.25, 0.3) is 0 Å². The van der Waals surface area contributed by atoms with Gasteiger partial charge < -0.3 is 15.1 Å². The molecule has 1 heterocycles. The number of benzene rings is 2. The molecule has 0 atom stereocenters. The number of hydrogen-bond acceptors (Lipinski definition) is 5. The van der Waals surface area contributed by atoms with Gasteiger partial charge in [-0.15, -0.1) is 12.3 Å². The molecular weight excluding hydrogens is 589 g/mol. The van der Waals surface area contributed by atoms with Crippen LogP contribution in [-0.4, -0.2) is 58.4 Å². The zero-order valence-electron chi connectivity index (χ0n) is 29.0. The van der Waals surface area contributed by atoms with Crippen LogP contribution < -0.4 is 0 Å². The monoisotopic (exact) mass is 641 g/mol. The number of terminal acetylenes is 1. The van der Waals surface area contributed by atoms with Crippen LogP contribution in [0.1, 0.15) is 70.2 Å². The van der Waals surface area contributed by atoms with Gasteiger partial charge in [-0.1, -0.05) is 86.2 Å². The molecule has 2 aromatic carbocycles. The van der Waals surface area contributed by atoms with Crippen molar-refractivity contribution in [1.82, 2.24) is 14.9 Å². The summed E-state index contributed by atoms with van der Waals surface area (Å²) in [6.45, 7) is 8.29. The zero-order chi connectivity index (χ0) is 35.0. The number of carboxylic acid groups (broad SMARTS) is 1. The van der Waals surface area contributed by atoms with Gasteiger partial charge in [0.05, 0.1) is 29.0 Å². The maximum absolute atomic E-state index is 11.8. The lowest BCUT2D eigenvalue weighted by Crippen LogP contribution is -2.14. The van der Waals surface area contributed by atoms with Gasteiger partial charge in [0.1, 0.15) is 6.67 Å². The summed E-state index contributed by atoms with van der Waals surface area (Å²) in [5.41, 5.74) is 8.70. The molecule has 0 bridgehead atoms. The first-order chi connectivity index (χ1) is 22.6. The largest absolute Gasteiger partial charge is 0.481 e. The average molecular weight is 642 g/mol. The number of aromatic nitrogens is 2. The molecule has 2 N–H and O–H groups in total. The standard InChI is InChI=1S/C27H30N2O3.C10H18FN.C3H4/c1-3-6-20(7-5-8-26(31)32)11-16-24-27(22-13-9-19(4-2)10-14-22)29-23-15-12-21(18-30)17-25(23)28-24;1-4-6-10(7-5-8-11)9-12(2)3;1-3-2/h3,6-7,9-10,12-15,17,30H,4-5,8,11,16,18H2,1-2H3,(H,31,32);5-7H,4,8-9H2,1-3H3;1H,2H3/b6-3-,20-7+;7-5-,10-6+;. The summed E-state index contributed by atoms with van der Waals surface area (Å²) < 4.78 is 11.8. The van der Waals surface area contributed by atoms with E-state index < -0.39 is 5.97 Å². The van der Waals surface area contributed by atoms with E-state index in [1.165, 1.54) is 11.1 Å². The highest BCUT2D eigenvalue weighted by molar-refractivity contribution is 5.79. The molecule has 6 nitrogen and oxygen atoms in total. The Balaban J connectivity index is 0.000000617. The Morgan fingerprint density at radius 2 is 1.66 bits per heavy atom. The third kappa shape index (κ3) is 16.1. The number of nitrogens with zero attached hydrogens (tertiary/aromatic N) is 3. The van der Waals surface area contributed by atoms with Crippen molar-refractivity contribution >= 4 is 17.0 Å². The van der Waals surface area contributed by atoms with Gasteiger partial charge in [-0.3, -0.25) is 4.79 Å². The second-order valence-electron chi connectivity index (χ2n) is 11.0. The summed E-state index contributed by atoms with van der Waals surface area (Å²) in [7, 11) is 4.01. The van der Waals surface area contributed by atoms with Crippen molar-refractivity contribution in [3.63, 3.8) is 0 Å². The molecule has 0 aliphatic heterocycles. The molecule has 1 aromatic heterocycles. The SMILES string of the molecule is C#CC.C/C=C\C(=C/CCC(=O)O)CCc1nc2cc(CO)ccc2nc1-c1ccc(CC)cc1.CC/C=C(\C=C/CF)CN(C)C. The van der Waals surface area contributed by atoms with Gasteiger partial charge in [0.15, 0.2) is 0 Å². The quantitative estimate of drug-likeness (QED) is 0.128. The predicted octanol–water partition coefficient (Wildman–Crippen LogP) is 8.70. The summed E-state index contributed by atoms with van der Waals surface area (Å²) in [6, 6.07) is 14.1. The maximum atomic E-state index is 11.8. The van der Waals surface area contributed by atoms with E-state index in [1.807, 2.05) is 63.5 Å². The summed E-state index contributed by atoms with van der Waals surface area (Å²) in [4.78, 5) is 22.8. The highest BCUT2D eigenvalue weighted by atomic mass is 19.1. The number of halogens is 1. The lowest BCUT2D eigenvalue weighted by Gasteiger charge is -2.12. The molecule has 0 radical (unpaired) electrons. The zero-order valence-corrected chi connectivity index (χ0v) is 29.0. The number of carboxylic acids is 1. The fraction of sp³-hybridized carbons (Fsp3) is 0.375. The number of hydrogen-bond donors (Lipinski definition) is 2. The van der Waals surface area contributed by atoms with Crippen LogP contribution in [-0.2, 0) is 24.2 Å². The van der Waals surface area contributed by atoms with Crippen LogP contribution >= 0.6 is 0 Å². The third-order valence-electron chi connectivity index (χ3n) is 6.80. The topological polar surface area (TPSA) is 86.5 Å². The van der Waals surface area contributed by atoms with E-state index in [0.717, 1.165) is 64.9 Å². The molecule has 0 unspecified atom stereocenters. The van der Waals surface area contributed by atoms with Crippen LogP contribution in [0.5, 0.6) is 0 Å². The number of likely N-dealkylation sites (N-methyl/N-ethyl adjacent to an activating group) is 1. The Bertz CT molecular complexity index is 1530. The van der Waals surface area contributed by atoms with Crippen molar-refractivity contribution < 1.29 is 19.4 Å².